The van der Waals surface area contributed by atoms with Gasteiger partial charge in [-0.05, 0) is 12.5 Å². The zero-order chi connectivity index (χ0) is 13.9. The smallest absolute Gasteiger partial charge is 0.163 e. The van der Waals surface area contributed by atoms with Crippen LogP contribution in [0.15, 0.2) is 35.7 Å². The molecular weight excluding hydrogens is 266 g/mol. The maximum Gasteiger partial charge on any atom is 0.163 e. The molecule has 0 aliphatic heterocycles. The summed E-state index contributed by atoms with van der Waals surface area (Å²) in [6, 6.07) is 10.4. The predicted molar refractivity (Wildman–Crippen MR) is 86.4 cm³/mol. The average molecular weight is 283 g/mol. The molecule has 0 radical (unpaired) electrons. The minimum Gasteiger partial charge on any atom is -0.373 e. The molecule has 0 aliphatic carbocycles. The SMILES string of the molecule is CCCc1cc(NC)nc(-c2csc3ccccc23)n1. The molecule has 0 saturated heterocycles. The molecule has 0 bridgehead atoms. The van der Waals surface area contributed by atoms with Crippen LogP contribution in [0.5, 0.6) is 0 Å². The zero-order valence-electron chi connectivity index (χ0n) is 11.7. The minimum atomic E-state index is 0.817. The highest BCUT2D eigenvalue weighted by Crippen LogP contribution is 2.32. The summed E-state index contributed by atoms with van der Waals surface area (Å²) in [7, 11) is 1.90. The van der Waals surface area contributed by atoms with Crippen molar-refractivity contribution in [1.82, 2.24) is 9.97 Å². The Balaban J connectivity index is 2.15. The van der Waals surface area contributed by atoms with Crippen LogP contribution in [0.1, 0.15) is 19.0 Å². The van der Waals surface area contributed by atoms with E-state index in [0.717, 1.165) is 35.7 Å². The van der Waals surface area contributed by atoms with Gasteiger partial charge in [-0.2, -0.15) is 0 Å². The summed E-state index contributed by atoms with van der Waals surface area (Å²) >= 11 is 1.74. The Bertz CT molecular complexity index is 733. The molecule has 0 saturated carbocycles. The van der Waals surface area contributed by atoms with Gasteiger partial charge in [-0.25, -0.2) is 9.97 Å². The molecular formula is C16H17N3S. The molecule has 0 fully saturated rings. The highest BCUT2D eigenvalue weighted by molar-refractivity contribution is 7.17. The Morgan fingerprint density at radius 1 is 1.20 bits per heavy atom. The Labute approximate surface area is 122 Å². The largest absolute Gasteiger partial charge is 0.373 e. The van der Waals surface area contributed by atoms with Gasteiger partial charge in [-0.15, -0.1) is 11.3 Å². The van der Waals surface area contributed by atoms with Gasteiger partial charge in [-0.3, -0.25) is 0 Å². The summed E-state index contributed by atoms with van der Waals surface area (Å²) in [5.74, 6) is 1.70. The Morgan fingerprint density at radius 2 is 2.05 bits per heavy atom. The van der Waals surface area contributed by atoms with Crippen molar-refractivity contribution in [3.8, 4) is 11.4 Å². The van der Waals surface area contributed by atoms with Gasteiger partial charge in [0.2, 0.25) is 0 Å². The maximum absolute atomic E-state index is 4.72. The second-order valence-electron chi connectivity index (χ2n) is 4.71. The molecule has 0 atom stereocenters. The first kappa shape index (κ1) is 13.1. The monoisotopic (exact) mass is 283 g/mol. The van der Waals surface area contributed by atoms with Gasteiger partial charge in [0.1, 0.15) is 5.82 Å². The van der Waals surface area contributed by atoms with E-state index in [4.69, 9.17) is 4.98 Å². The van der Waals surface area contributed by atoms with Crippen LogP contribution in [0.4, 0.5) is 5.82 Å². The van der Waals surface area contributed by atoms with Gasteiger partial charge in [0.05, 0.1) is 0 Å². The van der Waals surface area contributed by atoms with Crippen LogP contribution in [0.2, 0.25) is 0 Å². The molecule has 0 spiro atoms. The number of hydrogen-bond donors (Lipinski definition) is 1. The summed E-state index contributed by atoms with van der Waals surface area (Å²) < 4.78 is 1.28. The van der Waals surface area contributed by atoms with Crippen molar-refractivity contribution in [3.63, 3.8) is 0 Å². The average Bonchev–Trinajstić information content (AvgIpc) is 2.91. The van der Waals surface area contributed by atoms with Crippen LogP contribution in [0.3, 0.4) is 0 Å². The number of nitrogens with zero attached hydrogens (tertiary/aromatic N) is 2. The van der Waals surface area contributed by atoms with Gasteiger partial charge in [0.15, 0.2) is 5.82 Å². The summed E-state index contributed by atoms with van der Waals surface area (Å²) in [4.78, 5) is 9.33. The second-order valence-corrected chi connectivity index (χ2v) is 5.62. The normalized spacial score (nSPS) is 10.9. The van der Waals surface area contributed by atoms with E-state index in [0.29, 0.717) is 0 Å². The van der Waals surface area contributed by atoms with Crippen molar-refractivity contribution in [3.05, 3.63) is 41.4 Å². The van der Waals surface area contributed by atoms with Crippen LogP contribution in [0.25, 0.3) is 21.5 Å². The Hall–Kier alpha value is -1.94. The number of aromatic nitrogens is 2. The van der Waals surface area contributed by atoms with Crippen LogP contribution in [0, 0.1) is 0 Å². The number of anilines is 1. The van der Waals surface area contributed by atoms with Crippen LogP contribution in [-0.4, -0.2) is 17.0 Å². The van der Waals surface area contributed by atoms with Gasteiger partial charge < -0.3 is 5.32 Å². The molecule has 0 unspecified atom stereocenters. The number of benzene rings is 1. The maximum atomic E-state index is 4.72. The molecule has 20 heavy (non-hydrogen) atoms. The lowest BCUT2D eigenvalue weighted by Crippen LogP contribution is -2.00. The fourth-order valence-corrected chi connectivity index (χ4v) is 3.22. The van der Waals surface area contributed by atoms with E-state index in [9.17, 15) is 0 Å². The van der Waals surface area contributed by atoms with E-state index in [1.54, 1.807) is 11.3 Å². The van der Waals surface area contributed by atoms with Crippen molar-refractivity contribution in [2.24, 2.45) is 0 Å². The summed E-state index contributed by atoms with van der Waals surface area (Å²) in [5, 5.41) is 6.51. The number of nitrogens with one attached hydrogen (secondary N) is 1. The molecule has 4 heteroatoms. The fourth-order valence-electron chi connectivity index (χ4n) is 2.28. The third-order valence-electron chi connectivity index (χ3n) is 3.26. The lowest BCUT2D eigenvalue weighted by Gasteiger charge is -2.06. The second kappa shape index (κ2) is 5.59. The molecule has 1 aromatic carbocycles. The molecule has 2 aromatic heterocycles. The highest BCUT2D eigenvalue weighted by atomic mass is 32.1. The lowest BCUT2D eigenvalue weighted by atomic mass is 10.1. The Morgan fingerprint density at radius 3 is 2.85 bits per heavy atom. The van der Waals surface area contributed by atoms with Crippen LogP contribution >= 0.6 is 11.3 Å². The standard InChI is InChI=1S/C16H17N3S/c1-3-6-11-9-15(17-2)19-16(18-11)13-10-20-14-8-5-4-7-12(13)14/h4-5,7-10H,3,6H2,1-2H3,(H,17,18,19). The number of fused-ring (bicyclic) bond motifs is 1. The minimum absolute atomic E-state index is 0.817. The number of hydrogen-bond acceptors (Lipinski definition) is 4. The van der Waals surface area contributed by atoms with Gasteiger partial charge in [0, 0.05) is 39.8 Å². The first-order valence-electron chi connectivity index (χ1n) is 6.84. The van der Waals surface area contributed by atoms with E-state index in [2.05, 4.69) is 46.9 Å². The fraction of sp³-hybridized carbons (Fsp3) is 0.250. The number of aryl methyl sites for hydroxylation is 1. The quantitative estimate of drug-likeness (QED) is 0.773. The molecule has 2 heterocycles. The third kappa shape index (κ3) is 2.39. The van der Waals surface area contributed by atoms with Gasteiger partial charge in [-0.1, -0.05) is 31.5 Å². The Kier molecular flexibility index (Phi) is 3.65. The zero-order valence-corrected chi connectivity index (χ0v) is 12.5. The van der Waals surface area contributed by atoms with E-state index >= 15 is 0 Å². The van der Waals surface area contributed by atoms with Crippen LogP contribution < -0.4 is 5.32 Å². The summed E-state index contributed by atoms with van der Waals surface area (Å²) in [6.45, 7) is 2.17. The molecule has 3 rings (SSSR count). The summed E-state index contributed by atoms with van der Waals surface area (Å²) in [5.41, 5.74) is 2.22. The first-order valence-corrected chi connectivity index (χ1v) is 7.72. The number of thiophene rings is 1. The van der Waals surface area contributed by atoms with Crippen molar-refractivity contribution in [2.45, 2.75) is 19.8 Å². The van der Waals surface area contributed by atoms with Crippen molar-refractivity contribution >= 4 is 27.2 Å². The highest BCUT2D eigenvalue weighted by Gasteiger charge is 2.11. The molecule has 3 nitrogen and oxygen atoms in total. The summed E-state index contributed by atoms with van der Waals surface area (Å²) in [6.07, 6.45) is 2.07. The van der Waals surface area contributed by atoms with E-state index < -0.39 is 0 Å². The van der Waals surface area contributed by atoms with Gasteiger partial charge in [0.25, 0.3) is 0 Å². The van der Waals surface area contributed by atoms with Crippen LogP contribution in [-0.2, 0) is 6.42 Å². The molecule has 3 aromatic rings. The molecule has 1 N–H and O–H groups in total. The lowest BCUT2D eigenvalue weighted by molar-refractivity contribution is 0.876. The van der Waals surface area contributed by atoms with E-state index in [1.165, 1.54) is 10.1 Å². The van der Waals surface area contributed by atoms with Crippen molar-refractivity contribution in [2.75, 3.05) is 12.4 Å². The molecule has 0 aliphatic rings. The van der Waals surface area contributed by atoms with E-state index in [-0.39, 0.29) is 0 Å². The first-order chi connectivity index (χ1) is 9.81. The third-order valence-corrected chi connectivity index (χ3v) is 4.23. The van der Waals surface area contributed by atoms with E-state index in [1.807, 2.05) is 13.1 Å². The van der Waals surface area contributed by atoms with Gasteiger partial charge >= 0.3 is 0 Å². The molecule has 102 valence electrons. The topological polar surface area (TPSA) is 37.8 Å². The molecule has 0 amide bonds. The van der Waals surface area contributed by atoms with Crippen molar-refractivity contribution < 1.29 is 0 Å². The number of rotatable bonds is 4. The van der Waals surface area contributed by atoms with Crippen molar-refractivity contribution in [1.29, 1.82) is 0 Å². The predicted octanol–water partition coefficient (Wildman–Crippen LogP) is 4.35.